The monoisotopic (exact) mass is 375 g/mol. The van der Waals surface area contributed by atoms with E-state index in [2.05, 4.69) is 5.32 Å². The van der Waals surface area contributed by atoms with Crippen LogP contribution in [0.1, 0.15) is 36.2 Å². The van der Waals surface area contributed by atoms with E-state index >= 15 is 0 Å². The van der Waals surface area contributed by atoms with E-state index in [1.807, 2.05) is 37.3 Å². The zero-order valence-electron chi connectivity index (χ0n) is 14.7. The van der Waals surface area contributed by atoms with Gasteiger partial charge in [-0.15, -0.1) is 0 Å². The van der Waals surface area contributed by atoms with E-state index < -0.39 is 12.1 Å². The maximum Gasteiger partial charge on any atom is 0.342 e. The van der Waals surface area contributed by atoms with Crippen molar-refractivity contribution in [2.24, 2.45) is 0 Å². The Morgan fingerprint density at radius 1 is 1.15 bits per heavy atom. The van der Waals surface area contributed by atoms with Gasteiger partial charge in [0.25, 0.3) is 5.91 Å². The Bertz CT molecular complexity index is 764. The van der Waals surface area contributed by atoms with Crippen molar-refractivity contribution in [1.29, 1.82) is 0 Å². The van der Waals surface area contributed by atoms with E-state index in [0.717, 1.165) is 12.8 Å². The number of rotatable bonds is 7. The molecule has 0 spiro atoms. The third-order valence-electron chi connectivity index (χ3n) is 3.93. The van der Waals surface area contributed by atoms with Crippen molar-refractivity contribution in [3.8, 4) is 5.75 Å². The molecule has 0 radical (unpaired) electrons. The molecule has 0 saturated heterocycles. The fourth-order valence-corrected chi connectivity index (χ4v) is 2.58. The number of aryl methyl sites for hydroxylation is 1. The van der Waals surface area contributed by atoms with Crippen molar-refractivity contribution < 1.29 is 19.4 Å². The lowest BCUT2D eigenvalue weighted by molar-refractivity contribution is -0.129. The van der Waals surface area contributed by atoms with E-state index in [0.29, 0.717) is 5.02 Å². The lowest BCUT2D eigenvalue weighted by Crippen LogP contribution is -2.41. The number of ether oxygens (including phenoxy) is 1. The van der Waals surface area contributed by atoms with E-state index in [1.165, 1.54) is 30.7 Å². The van der Waals surface area contributed by atoms with Crippen LogP contribution in [0, 0.1) is 0 Å². The van der Waals surface area contributed by atoms with E-state index in [4.69, 9.17) is 16.3 Å². The Morgan fingerprint density at radius 3 is 2.50 bits per heavy atom. The van der Waals surface area contributed by atoms with Gasteiger partial charge in [0.1, 0.15) is 11.3 Å². The minimum absolute atomic E-state index is 0.0359. The first-order valence-corrected chi connectivity index (χ1v) is 8.78. The summed E-state index contributed by atoms with van der Waals surface area (Å²) in [5.41, 5.74) is 1.16. The molecule has 0 unspecified atom stereocenters. The summed E-state index contributed by atoms with van der Waals surface area (Å²) in [6.07, 6.45) is 0.639. The van der Waals surface area contributed by atoms with Crippen LogP contribution in [0.15, 0.2) is 48.5 Å². The Balaban J connectivity index is 1.83. The number of carbonyl (C=O) groups excluding carboxylic acids is 2. The summed E-state index contributed by atoms with van der Waals surface area (Å²) in [5, 5.41) is 12.9. The van der Waals surface area contributed by atoms with Crippen LogP contribution in [-0.2, 0) is 16.0 Å². The van der Waals surface area contributed by atoms with Crippen LogP contribution >= 0.6 is 11.6 Å². The molecule has 5 nitrogen and oxygen atoms in total. The molecule has 2 rings (SSSR count). The molecule has 2 aromatic carbocycles. The van der Waals surface area contributed by atoms with Crippen LogP contribution in [0.5, 0.6) is 5.75 Å². The number of amides is 1. The smallest absolute Gasteiger partial charge is 0.342 e. The van der Waals surface area contributed by atoms with E-state index in [9.17, 15) is 14.7 Å². The highest BCUT2D eigenvalue weighted by Gasteiger charge is 2.22. The summed E-state index contributed by atoms with van der Waals surface area (Å²) in [6.45, 7) is 3.39. The number of carbonyl (C=O) groups is 2. The molecule has 6 heteroatoms. The van der Waals surface area contributed by atoms with E-state index in [-0.39, 0.29) is 23.3 Å². The summed E-state index contributed by atoms with van der Waals surface area (Å²) in [7, 11) is 0. The molecule has 0 saturated carbocycles. The largest absolute Gasteiger partial charge is 0.507 e. The Labute approximate surface area is 157 Å². The molecule has 2 aromatic rings. The van der Waals surface area contributed by atoms with Gasteiger partial charge in [-0.3, -0.25) is 4.79 Å². The second-order valence-electron chi connectivity index (χ2n) is 6.14. The standard InChI is InChI=1S/C20H22ClNO4/c1-13(8-9-15-6-4-3-5-7-15)22-19(24)14(2)26-20(25)17-11-10-16(21)12-18(17)23/h3-7,10-14,23H,8-9H2,1-2H3,(H,22,24)/t13-,14+/m1/s1. The third-order valence-corrected chi connectivity index (χ3v) is 4.17. The first kappa shape index (κ1) is 19.8. The quantitative estimate of drug-likeness (QED) is 0.723. The van der Waals surface area contributed by atoms with Crippen molar-refractivity contribution in [2.45, 2.75) is 38.8 Å². The Kier molecular flexibility index (Phi) is 7.04. The molecular formula is C20H22ClNO4. The summed E-state index contributed by atoms with van der Waals surface area (Å²) in [5.74, 6) is -1.45. The molecule has 0 aliphatic rings. The number of hydrogen-bond acceptors (Lipinski definition) is 4. The molecule has 0 fully saturated rings. The summed E-state index contributed by atoms with van der Waals surface area (Å²) in [6, 6.07) is 14.0. The zero-order valence-corrected chi connectivity index (χ0v) is 15.5. The third kappa shape index (κ3) is 5.77. The highest BCUT2D eigenvalue weighted by atomic mass is 35.5. The van der Waals surface area contributed by atoms with Crippen LogP contribution in [0.2, 0.25) is 5.02 Å². The average Bonchev–Trinajstić information content (AvgIpc) is 2.60. The zero-order chi connectivity index (χ0) is 19.1. The second kappa shape index (κ2) is 9.25. The number of nitrogens with one attached hydrogen (secondary N) is 1. The van der Waals surface area contributed by atoms with Crippen molar-refractivity contribution in [3.63, 3.8) is 0 Å². The summed E-state index contributed by atoms with van der Waals surface area (Å²) >= 11 is 5.73. The van der Waals surface area contributed by atoms with Crippen LogP contribution < -0.4 is 5.32 Å². The van der Waals surface area contributed by atoms with Gasteiger partial charge in [-0.05, 0) is 50.5 Å². The SMILES string of the molecule is C[C@H](CCc1ccccc1)NC(=O)[C@H](C)OC(=O)c1ccc(Cl)cc1O. The fraction of sp³-hybridized carbons (Fsp3) is 0.300. The normalized spacial score (nSPS) is 12.9. The molecule has 0 heterocycles. The predicted octanol–water partition coefficient (Wildman–Crippen LogP) is 3.73. The highest BCUT2D eigenvalue weighted by Crippen LogP contribution is 2.23. The summed E-state index contributed by atoms with van der Waals surface area (Å²) < 4.78 is 5.13. The summed E-state index contributed by atoms with van der Waals surface area (Å²) in [4.78, 5) is 24.3. The van der Waals surface area contributed by atoms with Crippen LogP contribution in [0.3, 0.4) is 0 Å². The number of benzene rings is 2. The molecule has 138 valence electrons. The highest BCUT2D eigenvalue weighted by molar-refractivity contribution is 6.30. The predicted molar refractivity (Wildman–Crippen MR) is 100 cm³/mol. The van der Waals surface area contributed by atoms with Gasteiger partial charge < -0.3 is 15.2 Å². The molecule has 2 atom stereocenters. The minimum Gasteiger partial charge on any atom is -0.507 e. The minimum atomic E-state index is -0.975. The average molecular weight is 376 g/mol. The maximum absolute atomic E-state index is 12.2. The molecule has 0 aromatic heterocycles. The van der Waals surface area contributed by atoms with Crippen LogP contribution in [-0.4, -0.2) is 29.1 Å². The van der Waals surface area contributed by atoms with Crippen LogP contribution in [0.25, 0.3) is 0 Å². The van der Waals surface area contributed by atoms with Gasteiger partial charge in [0.2, 0.25) is 0 Å². The van der Waals surface area contributed by atoms with Gasteiger partial charge >= 0.3 is 5.97 Å². The lowest BCUT2D eigenvalue weighted by Gasteiger charge is -2.18. The van der Waals surface area contributed by atoms with Crippen molar-refractivity contribution in [3.05, 3.63) is 64.7 Å². The molecule has 0 aliphatic carbocycles. The van der Waals surface area contributed by atoms with Crippen molar-refractivity contribution in [2.75, 3.05) is 0 Å². The Morgan fingerprint density at radius 2 is 1.85 bits per heavy atom. The first-order chi connectivity index (χ1) is 12.4. The van der Waals surface area contributed by atoms with Crippen LogP contribution in [0.4, 0.5) is 0 Å². The molecule has 1 amide bonds. The molecule has 0 aliphatic heterocycles. The van der Waals surface area contributed by atoms with Gasteiger partial charge in [0, 0.05) is 11.1 Å². The number of aromatic hydroxyl groups is 1. The number of halogens is 1. The van der Waals surface area contributed by atoms with Crippen molar-refractivity contribution >= 4 is 23.5 Å². The first-order valence-electron chi connectivity index (χ1n) is 8.40. The van der Waals surface area contributed by atoms with Gasteiger partial charge in [0.15, 0.2) is 6.10 Å². The lowest BCUT2D eigenvalue weighted by atomic mass is 10.1. The molecule has 2 N–H and O–H groups in total. The topological polar surface area (TPSA) is 75.6 Å². The second-order valence-corrected chi connectivity index (χ2v) is 6.58. The van der Waals surface area contributed by atoms with Gasteiger partial charge in [-0.1, -0.05) is 41.9 Å². The number of phenols is 1. The number of phenolic OH excluding ortho intramolecular Hbond substituents is 1. The number of esters is 1. The maximum atomic E-state index is 12.2. The molecular weight excluding hydrogens is 354 g/mol. The fourth-order valence-electron chi connectivity index (χ4n) is 2.42. The molecule has 0 bridgehead atoms. The molecule has 26 heavy (non-hydrogen) atoms. The van der Waals surface area contributed by atoms with Crippen molar-refractivity contribution in [1.82, 2.24) is 5.32 Å². The van der Waals surface area contributed by atoms with Gasteiger partial charge in [-0.2, -0.15) is 0 Å². The van der Waals surface area contributed by atoms with Gasteiger partial charge in [0.05, 0.1) is 0 Å². The Hall–Kier alpha value is -2.53. The van der Waals surface area contributed by atoms with Gasteiger partial charge in [-0.25, -0.2) is 4.79 Å². The van der Waals surface area contributed by atoms with E-state index in [1.54, 1.807) is 0 Å². The number of hydrogen-bond donors (Lipinski definition) is 2.